The maximum absolute atomic E-state index is 13.1. The van der Waals surface area contributed by atoms with Crippen molar-refractivity contribution >= 4 is 58.6 Å². The van der Waals surface area contributed by atoms with Crippen molar-refractivity contribution in [2.45, 2.75) is 56.0 Å². The van der Waals surface area contributed by atoms with Crippen LogP contribution in [0.4, 0.5) is 36.4 Å². The third-order valence-electron chi connectivity index (χ3n) is 9.18. The third kappa shape index (κ3) is 12.4. The number of rotatable bonds is 16. The van der Waals surface area contributed by atoms with Crippen molar-refractivity contribution in [1.29, 1.82) is 0 Å². The molecule has 1 saturated heterocycles. The molecule has 4 aromatic rings. The number of esters is 1. The van der Waals surface area contributed by atoms with Crippen LogP contribution in [0.3, 0.4) is 0 Å². The van der Waals surface area contributed by atoms with Crippen molar-refractivity contribution in [3.05, 3.63) is 88.9 Å². The molecule has 0 spiro atoms. The number of methoxy groups -OCH3 is 1. The van der Waals surface area contributed by atoms with Gasteiger partial charge in [-0.1, -0.05) is 23.7 Å². The fourth-order valence-corrected chi connectivity index (χ4v) is 6.07. The summed E-state index contributed by atoms with van der Waals surface area (Å²) in [6, 6.07) is 17.7. The number of anilines is 4. The topological polar surface area (TPSA) is 204 Å². The molecule has 1 atom stereocenters. The Hall–Kier alpha value is -6.21. The molecule has 3 aromatic carbocycles. The minimum absolute atomic E-state index is 0.0318. The van der Waals surface area contributed by atoms with Crippen molar-refractivity contribution in [3.8, 4) is 11.8 Å². The number of halogens is 4. The van der Waals surface area contributed by atoms with Gasteiger partial charge in [-0.15, -0.1) is 0 Å². The zero-order valence-electron chi connectivity index (χ0n) is 31.6. The van der Waals surface area contributed by atoms with Gasteiger partial charge in [0, 0.05) is 41.3 Å². The van der Waals surface area contributed by atoms with E-state index in [0.29, 0.717) is 48.2 Å². The van der Waals surface area contributed by atoms with Crippen molar-refractivity contribution < 1.29 is 51.3 Å². The van der Waals surface area contributed by atoms with Gasteiger partial charge in [0.1, 0.15) is 17.9 Å². The minimum Gasteiger partial charge on any atom is -0.490 e. The first-order valence-electron chi connectivity index (χ1n) is 18.5. The summed E-state index contributed by atoms with van der Waals surface area (Å²) in [5.74, 6) is -2.89. The fraction of sp³-hybridized carbons (Fsp3) is 0.359. The van der Waals surface area contributed by atoms with Gasteiger partial charge in [-0.3, -0.25) is 14.4 Å². The summed E-state index contributed by atoms with van der Waals surface area (Å²) < 4.78 is 59.9. The fourth-order valence-electron chi connectivity index (χ4n) is 5.94. The van der Waals surface area contributed by atoms with Gasteiger partial charge < -0.3 is 45.5 Å². The van der Waals surface area contributed by atoms with E-state index in [4.69, 9.17) is 30.5 Å². The van der Waals surface area contributed by atoms with Gasteiger partial charge in [0.05, 0.1) is 25.9 Å². The zero-order valence-corrected chi connectivity index (χ0v) is 32.3. The molecule has 2 fully saturated rings. The van der Waals surface area contributed by atoms with Crippen LogP contribution in [0, 0.1) is 0 Å². The Morgan fingerprint density at radius 3 is 2.19 bits per heavy atom. The molecular formula is C39H40ClF3N8O8. The Morgan fingerprint density at radius 1 is 0.881 bits per heavy atom. The summed E-state index contributed by atoms with van der Waals surface area (Å²) in [7, 11) is 1.14. The summed E-state index contributed by atoms with van der Waals surface area (Å²) in [5.41, 5.74) is 1.18. The monoisotopic (exact) mass is 840 g/mol. The highest BCUT2D eigenvalue weighted by Crippen LogP contribution is 2.48. The molecule has 0 bridgehead atoms. The Balaban J connectivity index is 1.02. The maximum Gasteiger partial charge on any atom is 0.422 e. The second kappa shape index (κ2) is 19.0. The Morgan fingerprint density at radius 2 is 1.54 bits per heavy atom. The van der Waals surface area contributed by atoms with Gasteiger partial charge in [0.25, 0.3) is 5.91 Å². The number of amides is 3. The van der Waals surface area contributed by atoms with E-state index < -0.39 is 54.1 Å². The predicted octanol–water partition coefficient (Wildman–Crippen LogP) is 5.29. The van der Waals surface area contributed by atoms with Gasteiger partial charge in [0.2, 0.25) is 11.9 Å². The maximum atomic E-state index is 13.1. The summed E-state index contributed by atoms with van der Waals surface area (Å²) in [6.07, 6.45) is -1.73. The number of benzene rings is 3. The largest absolute Gasteiger partial charge is 0.490 e. The Bertz CT molecular complexity index is 2100. The van der Waals surface area contributed by atoms with Crippen LogP contribution in [0.2, 0.25) is 5.02 Å². The average molecular weight is 841 g/mol. The molecule has 2 heterocycles. The molecule has 1 saturated carbocycles. The SMILES string of the molecule is COC(=O)[C@H](CCNC(=O)C(=O)Nc1ccc(OC2CCOCC2)cc1)NC(=O)c1ccc(Nc2nc(NC3(c4ccc(Cl)cc4)CC3)nc(OCC(F)(F)F)n2)cc1. The van der Waals surface area contributed by atoms with E-state index in [9.17, 15) is 32.3 Å². The number of alkyl halides is 3. The number of ether oxygens (including phenoxy) is 4. The summed E-state index contributed by atoms with van der Waals surface area (Å²) >= 11 is 6.04. The Labute approximate surface area is 340 Å². The molecule has 312 valence electrons. The van der Waals surface area contributed by atoms with Crippen molar-refractivity contribution in [2.75, 3.05) is 49.4 Å². The normalized spacial score (nSPS) is 15.2. The molecule has 1 aliphatic heterocycles. The number of nitrogens with one attached hydrogen (secondary N) is 5. The van der Waals surface area contributed by atoms with Gasteiger partial charge >= 0.3 is 30.0 Å². The van der Waals surface area contributed by atoms with E-state index in [1.807, 2.05) is 12.1 Å². The zero-order chi connectivity index (χ0) is 42.0. The highest BCUT2D eigenvalue weighted by molar-refractivity contribution is 6.39. The van der Waals surface area contributed by atoms with Gasteiger partial charge in [0.15, 0.2) is 6.61 Å². The van der Waals surface area contributed by atoms with E-state index >= 15 is 0 Å². The molecule has 5 N–H and O–H groups in total. The lowest BCUT2D eigenvalue weighted by Gasteiger charge is -2.23. The first kappa shape index (κ1) is 42.4. The average Bonchev–Trinajstić information content (AvgIpc) is 4.00. The summed E-state index contributed by atoms with van der Waals surface area (Å²) in [6.45, 7) is -0.522. The number of carbonyl (C=O) groups excluding carboxylic acids is 4. The van der Waals surface area contributed by atoms with Crippen LogP contribution >= 0.6 is 11.6 Å². The molecule has 0 unspecified atom stereocenters. The predicted molar refractivity (Wildman–Crippen MR) is 208 cm³/mol. The molecule has 1 aliphatic carbocycles. The first-order valence-corrected chi connectivity index (χ1v) is 18.8. The van der Waals surface area contributed by atoms with Crippen LogP contribution in [-0.4, -0.2) is 90.4 Å². The molecular weight excluding hydrogens is 801 g/mol. The smallest absolute Gasteiger partial charge is 0.422 e. The standard InChI is InChI=1S/C39H40ClF3N8O8/c1-56-34(55)30(14-19-44-32(53)33(54)45-26-10-12-28(13-11-26)59-29-15-20-57-21-16-29)47-31(52)23-2-8-27(9-3-23)46-35-48-36(50-37(49-35)58-22-39(41,42)43)51-38(17-18-38)24-4-6-25(40)7-5-24/h2-13,29-30H,14-22H2,1H3,(H,44,53)(H,45,54)(H,47,52)(H2,46,48,49,50,51)/t30-/m0/s1. The molecule has 6 rings (SSSR count). The lowest BCUT2D eigenvalue weighted by atomic mass is 10.1. The Kier molecular flexibility index (Phi) is 13.7. The van der Waals surface area contributed by atoms with Crippen LogP contribution < -0.4 is 36.1 Å². The number of hydrogen-bond acceptors (Lipinski definition) is 13. The van der Waals surface area contributed by atoms with Gasteiger partial charge in [-0.2, -0.15) is 28.1 Å². The molecule has 0 radical (unpaired) electrons. The number of hydrogen-bond donors (Lipinski definition) is 5. The molecule has 16 nitrogen and oxygen atoms in total. The minimum atomic E-state index is -4.64. The van der Waals surface area contributed by atoms with Crippen LogP contribution in [0.1, 0.15) is 48.0 Å². The lowest BCUT2D eigenvalue weighted by molar-refractivity contribution is -0.154. The highest BCUT2D eigenvalue weighted by atomic mass is 35.5. The van der Waals surface area contributed by atoms with E-state index in [1.165, 1.54) is 24.3 Å². The van der Waals surface area contributed by atoms with Crippen molar-refractivity contribution in [1.82, 2.24) is 25.6 Å². The second-order valence-corrected chi connectivity index (χ2v) is 14.0. The second-order valence-electron chi connectivity index (χ2n) is 13.6. The highest BCUT2D eigenvalue weighted by Gasteiger charge is 2.45. The van der Waals surface area contributed by atoms with Crippen LogP contribution in [-0.2, 0) is 29.4 Å². The quantitative estimate of drug-likeness (QED) is 0.0721. The van der Waals surface area contributed by atoms with E-state index in [2.05, 4.69) is 41.5 Å². The van der Waals surface area contributed by atoms with Crippen LogP contribution in [0.25, 0.3) is 0 Å². The molecule has 3 amide bonds. The van der Waals surface area contributed by atoms with Crippen LogP contribution in [0.5, 0.6) is 11.8 Å². The van der Waals surface area contributed by atoms with E-state index in [-0.39, 0.29) is 36.5 Å². The number of nitrogens with zero attached hydrogens (tertiary/aromatic N) is 3. The van der Waals surface area contributed by atoms with Crippen molar-refractivity contribution in [3.63, 3.8) is 0 Å². The van der Waals surface area contributed by atoms with Crippen molar-refractivity contribution in [2.24, 2.45) is 0 Å². The number of aromatic nitrogens is 3. The lowest BCUT2D eigenvalue weighted by Crippen LogP contribution is -2.44. The molecule has 1 aromatic heterocycles. The number of carbonyl (C=O) groups is 4. The van der Waals surface area contributed by atoms with E-state index in [1.54, 1.807) is 36.4 Å². The summed E-state index contributed by atoms with van der Waals surface area (Å²) in [4.78, 5) is 63.0. The first-order chi connectivity index (χ1) is 28.3. The molecule has 20 heteroatoms. The molecule has 2 aliphatic rings. The third-order valence-corrected chi connectivity index (χ3v) is 9.43. The van der Waals surface area contributed by atoms with E-state index in [0.717, 1.165) is 25.5 Å². The summed E-state index contributed by atoms with van der Waals surface area (Å²) in [5, 5.41) is 14.1. The van der Waals surface area contributed by atoms with Gasteiger partial charge in [-0.05, 0) is 85.5 Å². The van der Waals surface area contributed by atoms with Gasteiger partial charge in [-0.25, -0.2) is 4.79 Å². The molecule has 59 heavy (non-hydrogen) atoms. The van der Waals surface area contributed by atoms with Crippen LogP contribution in [0.15, 0.2) is 72.8 Å².